The van der Waals surface area contributed by atoms with Crippen LogP contribution in [0.1, 0.15) is 35.1 Å². The molecule has 0 unspecified atom stereocenters. The lowest BCUT2D eigenvalue weighted by molar-refractivity contribution is 0.452. The molecule has 0 saturated heterocycles. The Balaban J connectivity index is 2.50. The van der Waals surface area contributed by atoms with Crippen LogP contribution in [-0.4, -0.2) is 26.3 Å². The molecule has 3 nitrogen and oxygen atoms in total. The summed E-state index contributed by atoms with van der Waals surface area (Å²) in [7, 11) is -1.67. The third kappa shape index (κ3) is 2.70. The van der Waals surface area contributed by atoms with E-state index in [-0.39, 0.29) is 0 Å². The van der Waals surface area contributed by atoms with Crippen molar-refractivity contribution in [3.63, 3.8) is 0 Å². The number of sulfonamides is 1. The molecule has 0 spiro atoms. The molecule has 0 amide bonds. The first kappa shape index (κ1) is 14.5. The van der Waals surface area contributed by atoms with Gasteiger partial charge in [-0.15, -0.1) is 0 Å². The standard InChI is InChI=1S/C15H23NO2S/c1-10-8-11(2)13(4)15(12(10)3)19(17,18)16(5)9-14-6-7-14/h8,14H,6-7,9H2,1-5H3. The van der Waals surface area contributed by atoms with E-state index in [1.165, 1.54) is 4.31 Å². The highest BCUT2D eigenvalue weighted by atomic mass is 32.2. The lowest BCUT2D eigenvalue weighted by Crippen LogP contribution is -2.30. The van der Waals surface area contributed by atoms with E-state index in [1.807, 2.05) is 27.7 Å². The van der Waals surface area contributed by atoms with Crippen molar-refractivity contribution in [2.75, 3.05) is 13.6 Å². The maximum Gasteiger partial charge on any atom is 0.243 e. The van der Waals surface area contributed by atoms with Gasteiger partial charge in [0.15, 0.2) is 0 Å². The highest BCUT2D eigenvalue weighted by molar-refractivity contribution is 7.89. The Morgan fingerprint density at radius 2 is 1.58 bits per heavy atom. The summed E-state index contributed by atoms with van der Waals surface area (Å²) in [5.74, 6) is 0.561. The van der Waals surface area contributed by atoms with E-state index >= 15 is 0 Å². The van der Waals surface area contributed by atoms with Crippen LogP contribution in [0, 0.1) is 33.6 Å². The van der Waals surface area contributed by atoms with Gasteiger partial charge in [0.25, 0.3) is 0 Å². The first-order valence-corrected chi connectivity index (χ1v) is 8.23. The zero-order valence-corrected chi connectivity index (χ0v) is 13.3. The van der Waals surface area contributed by atoms with E-state index in [0.29, 0.717) is 17.4 Å². The van der Waals surface area contributed by atoms with E-state index in [2.05, 4.69) is 6.07 Å². The van der Waals surface area contributed by atoms with E-state index in [1.54, 1.807) is 7.05 Å². The van der Waals surface area contributed by atoms with Gasteiger partial charge < -0.3 is 0 Å². The summed E-state index contributed by atoms with van der Waals surface area (Å²) in [4.78, 5) is 0.508. The van der Waals surface area contributed by atoms with Crippen LogP contribution < -0.4 is 0 Å². The average Bonchev–Trinajstić information content (AvgIpc) is 3.10. The van der Waals surface area contributed by atoms with Crippen LogP contribution in [0.15, 0.2) is 11.0 Å². The third-order valence-corrected chi connectivity index (χ3v) is 6.28. The number of hydrogen-bond donors (Lipinski definition) is 0. The molecule has 0 N–H and O–H groups in total. The van der Waals surface area contributed by atoms with Gasteiger partial charge in [-0.1, -0.05) is 6.07 Å². The van der Waals surface area contributed by atoms with Crippen LogP contribution in [0.2, 0.25) is 0 Å². The first-order chi connectivity index (χ1) is 8.75. The molecule has 1 aliphatic carbocycles. The Labute approximate surface area is 116 Å². The lowest BCUT2D eigenvalue weighted by Gasteiger charge is -2.22. The molecule has 1 aromatic rings. The lowest BCUT2D eigenvalue weighted by atomic mass is 10.0. The average molecular weight is 281 g/mol. The second-order valence-electron chi connectivity index (χ2n) is 5.82. The van der Waals surface area contributed by atoms with Crippen LogP contribution >= 0.6 is 0 Å². The Hall–Kier alpha value is -0.870. The molecule has 2 rings (SSSR count). The minimum Gasteiger partial charge on any atom is -0.207 e. The Morgan fingerprint density at radius 3 is 2.00 bits per heavy atom. The van der Waals surface area contributed by atoms with Crippen molar-refractivity contribution in [1.82, 2.24) is 4.31 Å². The van der Waals surface area contributed by atoms with Gasteiger partial charge in [0.1, 0.15) is 0 Å². The highest BCUT2D eigenvalue weighted by Crippen LogP contribution is 2.33. The van der Waals surface area contributed by atoms with Crippen LogP contribution in [0.3, 0.4) is 0 Å². The van der Waals surface area contributed by atoms with Gasteiger partial charge in [0.2, 0.25) is 10.0 Å². The summed E-state index contributed by atoms with van der Waals surface area (Å²) in [6, 6.07) is 2.06. The SMILES string of the molecule is Cc1cc(C)c(C)c(S(=O)(=O)N(C)CC2CC2)c1C. The van der Waals surface area contributed by atoms with E-state index in [0.717, 1.165) is 35.1 Å². The van der Waals surface area contributed by atoms with Gasteiger partial charge in [-0.05, 0) is 68.7 Å². The molecule has 1 saturated carbocycles. The zero-order valence-electron chi connectivity index (χ0n) is 12.4. The van der Waals surface area contributed by atoms with Crippen LogP contribution in [0.5, 0.6) is 0 Å². The van der Waals surface area contributed by atoms with Gasteiger partial charge in [-0.25, -0.2) is 12.7 Å². The fraction of sp³-hybridized carbons (Fsp3) is 0.600. The van der Waals surface area contributed by atoms with Crippen molar-refractivity contribution in [2.45, 2.75) is 45.4 Å². The van der Waals surface area contributed by atoms with Crippen LogP contribution in [0.4, 0.5) is 0 Å². The molecule has 0 radical (unpaired) electrons. The second-order valence-corrected chi connectivity index (χ2v) is 7.80. The largest absolute Gasteiger partial charge is 0.243 e. The van der Waals surface area contributed by atoms with E-state index < -0.39 is 10.0 Å². The first-order valence-electron chi connectivity index (χ1n) is 6.79. The van der Waals surface area contributed by atoms with Crippen molar-refractivity contribution in [3.8, 4) is 0 Å². The monoisotopic (exact) mass is 281 g/mol. The molecule has 1 aliphatic rings. The van der Waals surface area contributed by atoms with Crippen molar-refractivity contribution in [1.29, 1.82) is 0 Å². The fourth-order valence-corrected chi connectivity index (χ4v) is 4.30. The molecule has 4 heteroatoms. The van der Waals surface area contributed by atoms with Crippen LogP contribution in [0.25, 0.3) is 0 Å². The summed E-state index contributed by atoms with van der Waals surface area (Å²) in [6.45, 7) is 8.40. The fourth-order valence-electron chi connectivity index (χ4n) is 2.49. The predicted molar refractivity (Wildman–Crippen MR) is 77.9 cm³/mol. The molecule has 1 fully saturated rings. The van der Waals surface area contributed by atoms with Crippen LogP contribution in [-0.2, 0) is 10.0 Å². The number of nitrogens with zero attached hydrogens (tertiary/aromatic N) is 1. The number of aryl methyl sites for hydroxylation is 2. The van der Waals surface area contributed by atoms with Crippen molar-refractivity contribution >= 4 is 10.0 Å². The molecule has 0 aromatic heterocycles. The summed E-state index contributed by atoms with van der Waals surface area (Å²) >= 11 is 0. The number of rotatable bonds is 4. The van der Waals surface area contributed by atoms with Gasteiger partial charge in [-0.3, -0.25) is 0 Å². The topological polar surface area (TPSA) is 37.4 Å². The zero-order chi connectivity index (χ0) is 14.4. The quantitative estimate of drug-likeness (QED) is 0.851. The highest BCUT2D eigenvalue weighted by Gasteiger charge is 2.31. The summed E-state index contributed by atoms with van der Waals surface area (Å²) in [5, 5.41) is 0. The molecular formula is C15H23NO2S. The summed E-state index contributed by atoms with van der Waals surface area (Å²) in [5.41, 5.74) is 3.85. The molecule has 0 bridgehead atoms. The maximum absolute atomic E-state index is 12.8. The Bertz CT molecular complexity index is 575. The van der Waals surface area contributed by atoms with E-state index in [4.69, 9.17) is 0 Å². The van der Waals surface area contributed by atoms with Crippen molar-refractivity contribution < 1.29 is 8.42 Å². The van der Waals surface area contributed by atoms with Gasteiger partial charge in [0.05, 0.1) is 4.90 Å². The van der Waals surface area contributed by atoms with Gasteiger partial charge >= 0.3 is 0 Å². The molecule has 0 heterocycles. The second kappa shape index (κ2) is 4.91. The summed E-state index contributed by atoms with van der Waals surface area (Å²) in [6.07, 6.45) is 2.31. The number of benzene rings is 1. The Kier molecular flexibility index (Phi) is 3.76. The molecule has 0 atom stereocenters. The van der Waals surface area contributed by atoms with Crippen molar-refractivity contribution in [3.05, 3.63) is 28.3 Å². The third-order valence-electron chi connectivity index (χ3n) is 4.18. The molecule has 1 aromatic carbocycles. The van der Waals surface area contributed by atoms with Gasteiger partial charge in [-0.2, -0.15) is 0 Å². The predicted octanol–water partition coefficient (Wildman–Crippen LogP) is 2.95. The smallest absolute Gasteiger partial charge is 0.207 e. The van der Waals surface area contributed by atoms with Crippen molar-refractivity contribution in [2.24, 2.45) is 5.92 Å². The maximum atomic E-state index is 12.8. The van der Waals surface area contributed by atoms with E-state index in [9.17, 15) is 8.42 Å². The molecular weight excluding hydrogens is 258 g/mol. The molecule has 19 heavy (non-hydrogen) atoms. The van der Waals surface area contributed by atoms with Gasteiger partial charge in [0, 0.05) is 13.6 Å². The normalized spacial score (nSPS) is 16.1. The summed E-state index contributed by atoms with van der Waals surface area (Å²) < 4.78 is 27.1. The minimum atomic E-state index is -3.37. The molecule has 0 aliphatic heterocycles. The Morgan fingerprint density at radius 1 is 1.11 bits per heavy atom. The number of hydrogen-bond acceptors (Lipinski definition) is 2. The molecule has 106 valence electrons. The minimum absolute atomic E-state index is 0.508.